The lowest BCUT2D eigenvalue weighted by molar-refractivity contribution is -0.159. The summed E-state index contributed by atoms with van der Waals surface area (Å²) in [5, 5.41) is 3.23. The lowest BCUT2D eigenvalue weighted by atomic mass is 10.0. The van der Waals surface area contributed by atoms with Crippen LogP contribution < -0.4 is 5.32 Å². The van der Waals surface area contributed by atoms with Gasteiger partial charge in [0.15, 0.2) is 0 Å². The van der Waals surface area contributed by atoms with Crippen molar-refractivity contribution >= 4 is 5.97 Å². The van der Waals surface area contributed by atoms with Crippen LogP contribution in [0, 0.1) is 10.8 Å². The van der Waals surface area contributed by atoms with E-state index in [-0.39, 0.29) is 16.9 Å². The highest BCUT2D eigenvalue weighted by Crippen LogP contribution is 2.62. The molecule has 1 atom stereocenters. The highest BCUT2D eigenvalue weighted by atomic mass is 19.3. The topological polar surface area (TPSA) is 38.3 Å². The van der Waals surface area contributed by atoms with Gasteiger partial charge in [-0.05, 0) is 10.8 Å². The van der Waals surface area contributed by atoms with Crippen molar-refractivity contribution in [2.75, 3.05) is 6.54 Å². The summed E-state index contributed by atoms with van der Waals surface area (Å²) < 4.78 is 30.5. The fourth-order valence-corrected chi connectivity index (χ4v) is 2.72. The minimum absolute atomic E-state index is 0.151. The van der Waals surface area contributed by atoms with Gasteiger partial charge in [-0.15, -0.1) is 0 Å². The molecule has 5 heteroatoms. The summed E-state index contributed by atoms with van der Waals surface area (Å²) in [6.07, 6.45) is -1.21. The molecule has 0 radical (unpaired) electrons. The Morgan fingerprint density at radius 2 is 1.82 bits per heavy atom. The molecule has 3 nitrogen and oxygen atoms in total. The van der Waals surface area contributed by atoms with Crippen LogP contribution in [0.2, 0.25) is 0 Å². The minimum Gasteiger partial charge on any atom is -0.456 e. The molecule has 0 aromatic carbocycles. The zero-order valence-electron chi connectivity index (χ0n) is 10.6. The third-order valence-electron chi connectivity index (χ3n) is 4.63. The number of alkyl halides is 2. The van der Waals surface area contributed by atoms with Gasteiger partial charge in [0, 0.05) is 12.6 Å². The highest BCUT2D eigenvalue weighted by molar-refractivity contribution is 5.79. The summed E-state index contributed by atoms with van der Waals surface area (Å²) in [6, 6.07) is 0.280. The number of nitrogens with one attached hydrogen (secondary N) is 1. The van der Waals surface area contributed by atoms with E-state index in [0.717, 1.165) is 0 Å². The molecule has 17 heavy (non-hydrogen) atoms. The molecule has 0 aromatic heterocycles. The van der Waals surface area contributed by atoms with Gasteiger partial charge >= 0.3 is 11.9 Å². The number of carbonyl (C=O) groups is 1. The summed E-state index contributed by atoms with van der Waals surface area (Å²) in [5.41, 5.74) is 0.302. The molecule has 0 bridgehead atoms. The fourth-order valence-electron chi connectivity index (χ4n) is 2.72. The SMILES string of the molecule is CC1(C)C(NCC2CC(F)(F)C(=O)O2)C1(C)C. The molecule has 98 valence electrons. The Morgan fingerprint density at radius 3 is 2.18 bits per heavy atom. The number of ether oxygens (including phenoxy) is 1. The zero-order valence-corrected chi connectivity index (χ0v) is 10.6. The van der Waals surface area contributed by atoms with Crippen molar-refractivity contribution in [1.29, 1.82) is 0 Å². The first-order valence-corrected chi connectivity index (χ1v) is 5.91. The van der Waals surface area contributed by atoms with Gasteiger partial charge in [0.25, 0.3) is 0 Å². The lowest BCUT2D eigenvalue weighted by Crippen LogP contribution is -2.31. The van der Waals surface area contributed by atoms with Crippen LogP contribution in [0.1, 0.15) is 34.1 Å². The van der Waals surface area contributed by atoms with E-state index in [0.29, 0.717) is 6.54 Å². The summed E-state index contributed by atoms with van der Waals surface area (Å²) in [5.74, 6) is -4.69. The van der Waals surface area contributed by atoms with Gasteiger partial charge in [-0.25, -0.2) is 4.79 Å². The third-order valence-corrected chi connectivity index (χ3v) is 4.63. The first-order chi connectivity index (χ1) is 7.59. The molecular formula is C12H19F2NO2. The Hall–Kier alpha value is -0.710. The van der Waals surface area contributed by atoms with Crippen LogP contribution in [0.15, 0.2) is 0 Å². The van der Waals surface area contributed by atoms with Crippen molar-refractivity contribution in [3.63, 3.8) is 0 Å². The van der Waals surface area contributed by atoms with E-state index in [2.05, 4.69) is 37.7 Å². The predicted octanol–water partition coefficient (Wildman–Crippen LogP) is 1.96. The van der Waals surface area contributed by atoms with Gasteiger partial charge in [-0.3, -0.25) is 0 Å². The zero-order chi connectivity index (χ0) is 13.1. The van der Waals surface area contributed by atoms with E-state index < -0.39 is 24.4 Å². The smallest absolute Gasteiger partial charge is 0.377 e. The number of cyclic esters (lactones) is 1. The number of halogens is 2. The third kappa shape index (κ3) is 1.84. The largest absolute Gasteiger partial charge is 0.456 e. The second-order valence-electron chi connectivity index (χ2n) is 6.22. The highest BCUT2D eigenvalue weighted by Gasteiger charge is 2.64. The Bertz CT molecular complexity index is 338. The summed E-state index contributed by atoms with van der Waals surface area (Å²) in [6.45, 7) is 8.86. The minimum atomic E-state index is -3.30. The second-order valence-corrected chi connectivity index (χ2v) is 6.22. The maximum Gasteiger partial charge on any atom is 0.377 e. The van der Waals surface area contributed by atoms with Crippen LogP contribution in [-0.4, -0.2) is 30.6 Å². The molecule has 0 amide bonds. The van der Waals surface area contributed by atoms with E-state index in [4.69, 9.17) is 0 Å². The van der Waals surface area contributed by atoms with Gasteiger partial charge in [0.1, 0.15) is 6.10 Å². The van der Waals surface area contributed by atoms with Gasteiger partial charge in [-0.2, -0.15) is 8.78 Å². The van der Waals surface area contributed by atoms with Crippen molar-refractivity contribution in [3.8, 4) is 0 Å². The van der Waals surface area contributed by atoms with Crippen molar-refractivity contribution in [3.05, 3.63) is 0 Å². The molecule has 1 N–H and O–H groups in total. The molecule has 1 aliphatic heterocycles. The average Bonchev–Trinajstić information content (AvgIpc) is 2.41. The molecule has 0 aromatic rings. The van der Waals surface area contributed by atoms with Gasteiger partial charge in [0.05, 0.1) is 6.42 Å². The van der Waals surface area contributed by atoms with E-state index >= 15 is 0 Å². The van der Waals surface area contributed by atoms with Crippen molar-refractivity contribution < 1.29 is 18.3 Å². The first kappa shape index (κ1) is 12.7. The molecule has 2 fully saturated rings. The Balaban J connectivity index is 1.84. The van der Waals surface area contributed by atoms with Crippen LogP contribution in [0.25, 0.3) is 0 Å². The van der Waals surface area contributed by atoms with Gasteiger partial charge < -0.3 is 10.1 Å². The molecule has 1 saturated heterocycles. The van der Waals surface area contributed by atoms with E-state index in [9.17, 15) is 13.6 Å². The van der Waals surface area contributed by atoms with Crippen molar-refractivity contribution in [2.24, 2.45) is 10.8 Å². The normalized spacial score (nSPS) is 33.5. The Labute approximate surface area is 99.9 Å². The van der Waals surface area contributed by atoms with Crippen LogP contribution in [0.4, 0.5) is 8.78 Å². The van der Waals surface area contributed by atoms with Gasteiger partial charge in [-0.1, -0.05) is 27.7 Å². The summed E-state index contributed by atoms with van der Waals surface area (Å²) in [7, 11) is 0. The molecule has 1 heterocycles. The molecule has 1 unspecified atom stereocenters. The molecule has 1 aliphatic carbocycles. The maximum absolute atomic E-state index is 12.9. The number of hydrogen-bond acceptors (Lipinski definition) is 3. The average molecular weight is 247 g/mol. The van der Waals surface area contributed by atoms with Crippen molar-refractivity contribution in [2.45, 2.75) is 52.2 Å². The quantitative estimate of drug-likeness (QED) is 0.775. The van der Waals surface area contributed by atoms with Crippen molar-refractivity contribution in [1.82, 2.24) is 5.32 Å². The van der Waals surface area contributed by atoms with E-state index in [1.165, 1.54) is 0 Å². The summed E-state index contributed by atoms with van der Waals surface area (Å²) >= 11 is 0. The fraction of sp³-hybridized carbons (Fsp3) is 0.917. The molecule has 2 aliphatic rings. The van der Waals surface area contributed by atoms with Crippen LogP contribution in [0.5, 0.6) is 0 Å². The van der Waals surface area contributed by atoms with E-state index in [1.807, 2.05) is 0 Å². The molecule has 0 spiro atoms. The number of hydrogen-bond donors (Lipinski definition) is 1. The maximum atomic E-state index is 12.9. The predicted molar refractivity (Wildman–Crippen MR) is 58.8 cm³/mol. The molecule has 1 saturated carbocycles. The van der Waals surface area contributed by atoms with Crippen LogP contribution >= 0.6 is 0 Å². The summed E-state index contributed by atoms with van der Waals surface area (Å²) in [4.78, 5) is 10.8. The van der Waals surface area contributed by atoms with Crippen LogP contribution in [-0.2, 0) is 9.53 Å². The van der Waals surface area contributed by atoms with Crippen LogP contribution in [0.3, 0.4) is 0 Å². The Kier molecular flexibility index (Phi) is 2.55. The number of carbonyl (C=O) groups excluding carboxylic acids is 1. The monoisotopic (exact) mass is 247 g/mol. The standard InChI is InChI=1S/C12H19F2NO2/c1-10(2)8(11(10,3)4)15-6-7-5-12(13,14)9(16)17-7/h7-8,15H,5-6H2,1-4H3. The Morgan fingerprint density at radius 1 is 1.29 bits per heavy atom. The van der Waals surface area contributed by atoms with E-state index in [1.54, 1.807) is 0 Å². The number of rotatable bonds is 3. The lowest BCUT2D eigenvalue weighted by Gasteiger charge is -2.11. The molecule has 2 rings (SSSR count). The second kappa shape index (κ2) is 3.40. The molecular weight excluding hydrogens is 228 g/mol. The number of esters is 1. The van der Waals surface area contributed by atoms with Gasteiger partial charge in [0.2, 0.25) is 0 Å². The first-order valence-electron chi connectivity index (χ1n) is 5.91.